The molecular formula is C16H34N4O3. The second-order valence-electron chi connectivity index (χ2n) is 6.23. The Bertz CT molecular complexity index is 341. The molecule has 0 bridgehead atoms. The molecule has 0 aliphatic heterocycles. The van der Waals surface area contributed by atoms with Crippen LogP contribution >= 0.6 is 0 Å². The zero-order valence-corrected chi connectivity index (χ0v) is 15.3. The highest BCUT2D eigenvalue weighted by atomic mass is 16.5. The Kier molecular flexibility index (Phi) is 12.4. The Labute approximate surface area is 140 Å². The van der Waals surface area contributed by atoms with Crippen LogP contribution in [-0.2, 0) is 14.3 Å². The third kappa shape index (κ3) is 15.3. The molecule has 0 radical (unpaired) electrons. The van der Waals surface area contributed by atoms with Gasteiger partial charge < -0.3 is 25.4 Å². The van der Waals surface area contributed by atoms with Gasteiger partial charge in [-0.25, -0.2) is 4.99 Å². The number of guanidine groups is 1. The van der Waals surface area contributed by atoms with Crippen LogP contribution in [0.15, 0.2) is 4.99 Å². The second-order valence-corrected chi connectivity index (χ2v) is 6.23. The first-order valence-corrected chi connectivity index (χ1v) is 8.29. The first kappa shape index (κ1) is 21.7. The van der Waals surface area contributed by atoms with Crippen LogP contribution in [0.4, 0.5) is 0 Å². The standard InChI is InChI=1S/C16H34N4O3/c1-6-17-15(19-13-14(21)20-16(2,3)4)18-9-7-8-10-23-12-11-22-5/h6-13H2,1-5H3,(H,20,21)(H2,17,18,19). The predicted octanol–water partition coefficient (Wildman–Crippen LogP) is 0.899. The third-order valence-electron chi connectivity index (χ3n) is 2.68. The molecule has 3 N–H and O–H groups in total. The van der Waals surface area contributed by atoms with Crippen molar-refractivity contribution < 1.29 is 14.3 Å². The quantitative estimate of drug-likeness (QED) is 0.298. The van der Waals surface area contributed by atoms with Crippen LogP contribution < -0.4 is 16.0 Å². The Balaban J connectivity index is 3.92. The van der Waals surface area contributed by atoms with E-state index in [1.54, 1.807) is 7.11 Å². The number of nitrogens with zero attached hydrogens (tertiary/aromatic N) is 1. The summed E-state index contributed by atoms with van der Waals surface area (Å²) in [6.45, 7) is 11.5. The maximum atomic E-state index is 11.8. The fourth-order valence-corrected chi connectivity index (χ4v) is 1.73. The summed E-state index contributed by atoms with van der Waals surface area (Å²) in [6, 6.07) is 0. The highest BCUT2D eigenvalue weighted by molar-refractivity contribution is 5.85. The highest BCUT2D eigenvalue weighted by Crippen LogP contribution is 1.97. The second kappa shape index (κ2) is 13.1. The lowest BCUT2D eigenvalue weighted by Gasteiger charge is -2.20. The van der Waals surface area contributed by atoms with Gasteiger partial charge in [-0.1, -0.05) is 0 Å². The average Bonchev–Trinajstić information content (AvgIpc) is 2.45. The van der Waals surface area contributed by atoms with Crippen molar-refractivity contribution in [2.45, 2.75) is 46.1 Å². The molecule has 0 rings (SSSR count). The van der Waals surface area contributed by atoms with E-state index < -0.39 is 0 Å². The van der Waals surface area contributed by atoms with Crippen LogP contribution in [0.25, 0.3) is 0 Å². The summed E-state index contributed by atoms with van der Waals surface area (Å²) >= 11 is 0. The van der Waals surface area contributed by atoms with E-state index in [4.69, 9.17) is 9.47 Å². The molecule has 0 spiro atoms. The molecule has 0 aromatic heterocycles. The molecule has 0 aliphatic rings. The van der Waals surface area contributed by atoms with Crippen molar-refractivity contribution in [3.8, 4) is 0 Å². The molecule has 23 heavy (non-hydrogen) atoms. The fourth-order valence-electron chi connectivity index (χ4n) is 1.73. The number of carbonyl (C=O) groups excluding carboxylic acids is 1. The van der Waals surface area contributed by atoms with Crippen molar-refractivity contribution in [3.63, 3.8) is 0 Å². The van der Waals surface area contributed by atoms with E-state index in [1.807, 2.05) is 27.7 Å². The summed E-state index contributed by atoms with van der Waals surface area (Å²) in [6.07, 6.45) is 1.95. The van der Waals surface area contributed by atoms with E-state index in [-0.39, 0.29) is 18.0 Å². The van der Waals surface area contributed by atoms with Gasteiger partial charge in [0.05, 0.1) is 13.2 Å². The van der Waals surface area contributed by atoms with Crippen LogP contribution in [0.1, 0.15) is 40.5 Å². The Hall–Kier alpha value is -1.34. The van der Waals surface area contributed by atoms with Crippen molar-refractivity contribution in [2.75, 3.05) is 46.6 Å². The largest absolute Gasteiger partial charge is 0.382 e. The summed E-state index contributed by atoms with van der Waals surface area (Å²) in [4.78, 5) is 16.1. The lowest BCUT2D eigenvalue weighted by atomic mass is 10.1. The van der Waals surface area contributed by atoms with Crippen LogP contribution in [0.2, 0.25) is 0 Å². The van der Waals surface area contributed by atoms with Crippen LogP contribution in [0, 0.1) is 0 Å². The number of unbranched alkanes of at least 4 members (excludes halogenated alkanes) is 1. The van der Waals surface area contributed by atoms with Crippen molar-refractivity contribution in [3.05, 3.63) is 0 Å². The number of methoxy groups -OCH3 is 1. The number of rotatable bonds is 11. The van der Waals surface area contributed by atoms with Crippen LogP contribution in [0.5, 0.6) is 0 Å². The normalized spacial score (nSPS) is 12.1. The number of carbonyl (C=O) groups is 1. The van der Waals surface area contributed by atoms with Crippen molar-refractivity contribution in [2.24, 2.45) is 4.99 Å². The van der Waals surface area contributed by atoms with Gasteiger partial charge in [0, 0.05) is 32.3 Å². The molecule has 0 saturated carbocycles. The molecule has 0 heterocycles. The Morgan fingerprint density at radius 3 is 2.43 bits per heavy atom. The number of hydrogen-bond acceptors (Lipinski definition) is 4. The number of hydrogen-bond donors (Lipinski definition) is 3. The number of aliphatic imine (C=N–C) groups is 1. The smallest absolute Gasteiger partial charge is 0.242 e. The predicted molar refractivity (Wildman–Crippen MR) is 93.8 cm³/mol. The van der Waals surface area contributed by atoms with Crippen molar-refractivity contribution in [1.29, 1.82) is 0 Å². The first-order valence-electron chi connectivity index (χ1n) is 8.29. The molecule has 0 atom stereocenters. The first-order chi connectivity index (χ1) is 10.9. The molecule has 7 nitrogen and oxygen atoms in total. The van der Waals surface area contributed by atoms with Crippen LogP contribution in [0.3, 0.4) is 0 Å². The SMILES string of the molecule is CCNC(=NCC(=O)NC(C)(C)C)NCCCCOCCOC. The summed E-state index contributed by atoms with van der Waals surface area (Å²) in [5.41, 5.74) is -0.235. The van der Waals surface area contributed by atoms with E-state index in [2.05, 4.69) is 20.9 Å². The Morgan fingerprint density at radius 2 is 1.83 bits per heavy atom. The maximum Gasteiger partial charge on any atom is 0.242 e. The highest BCUT2D eigenvalue weighted by Gasteiger charge is 2.13. The molecule has 0 aromatic rings. The van der Waals surface area contributed by atoms with E-state index in [1.165, 1.54) is 0 Å². The van der Waals surface area contributed by atoms with E-state index in [0.29, 0.717) is 19.2 Å². The van der Waals surface area contributed by atoms with Gasteiger partial charge >= 0.3 is 0 Å². The monoisotopic (exact) mass is 330 g/mol. The van der Waals surface area contributed by atoms with Gasteiger partial charge in [-0.3, -0.25) is 4.79 Å². The van der Waals surface area contributed by atoms with Gasteiger partial charge in [0.25, 0.3) is 0 Å². The topological polar surface area (TPSA) is 84.0 Å². The summed E-state index contributed by atoms with van der Waals surface area (Å²) in [5.74, 6) is 0.582. The molecule has 0 aliphatic carbocycles. The van der Waals surface area contributed by atoms with Crippen molar-refractivity contribution >= 4 is 11.9 Å². The minimum atomic E-state index is -0.235. The van der Waals surface area contributed by atoms with Gasteiger partial charge in [-0.05, 0) is 40.5 Å². The minimum Gasteiger partial charge on any atom is -0.382 e. The third-order valence-corrected chi connectivity index (χ3v) is 2.68. The molecule has 0 fully saturated rings. The molecule has 0 aromatic carbocycles. The zero-order valence-electron chi connectivity index (χ0n) is 15.3. The number of nitrogens with one attached hydrogen (secondary N) is 3. The van der Waals surface area contributed by atoms with Crippen molar-refractivity contribution in [1.82, 2.24) is 16.0 Å². The molecule has 0 saturated heterocycles. The summed E-state index contributed by atoms with van der Waals surface area (Å²) < 4.78 is 10.3. The molecule has 136 valence electrons. The summed E-state index contributed by atoms with van der Waals surface area (Å²) in [7, 11) is 1.66. The minimum absolute atomic E-state index is 0.0822. The van der Waals surface area contributed by atoms with Gasteiger partial charge in [-0.15, -0.1) is 0 Å². The zero-order chi connectivity index (χ0) is 17.6. The Morgan fingerprint density at radius 1 is 1.09 bits per heavy atom. The molecule has 7 heteroatoms. The fraction of sp³-hybridized carbons (Fsp3) is 0.875. The molecule has 1 amide bonds. The molecular weight excluding hydrogens is 296 g/mol. The van der Waals surface area contributed by atoms with Crippen LogP contribution in [-0.4, -0.2) is 64.0 Å². The number of amides is 1. The number of ether oxygens (including phenoxy) is 2. The average molecular weight is 330 g/mol. The van der Waals surface area contributed by atoms with Gasteiger partial charge in [0.2, 0.25) is 5.91 Å². The van der Waals surface area contributed by atoms with Gasteiger partial charge in [0.1, 0.15) is 6.54 Å². The van der Waals surface area contributed by atoms with E-state index in [0.717, 1.165) is 32.5 Å². The van der Waals surface area contributed by atoms with Gasteiger partial charge in [0.15, 0.2) is 5.96 Å². The molecule has 0 unspecified atom stereocenters. The van der Waals surface area contributed by atoms with E-state index in [9.17, 15) is 4.79 Å². The lowest BCUT2D eigenvalue weighted by Crippen LogP contribution is -2.43. The van der Waals surface area contributed by atoms with E-state index >= 15 is 0 Å². The lowest BCUT2D eigenvalue weighted by molar-refractivity contribution is -0.121. The maximum absolute atomic E-state index is 11.8. The van der Waals surface area contributed by atoms with Gasteiger partial charge in [-0.2, -0.15) is 0 Å². The summed E-state index contributed by atoms with van der Waals surface area (Å²) in [5, 5.41) is 9.24.